The number of nitrogens with two attached hydrogens (primary N) is 1. The molecule has 1 atom stereocenters. The lowest BCUT2D eigenvalue weighted by Crippen LogP contribution is -2.52. The summed E-state index contributed by atoms with van der Waals surface area (Å²) in [4.78, 5) is 14.6. The molecule has 0 saturated heterocycles. The third-order valence-corrected chi connectivity index (χ3v) is 3.62. The summed E-state index contributed by atoms with van der Waals surface area (Å²) in [5.74, 6) is -0.377. The number of carbonyl (C=O) groups excluding carboxylic acids is 1. The van der Waals surface area contributed by atoms with Gasteiger partial charge in [0.2, 0.25) is 5.91 Å². The number of benzene rings is 1. The second-order valence-corrected chi connectivity index (χ2v) is 4.81. The van der Waals surface area contributed by atoms with E-state index < -0.39 is 5.54 Å². The maximum atomic E-state index is 11.9. The van der Waals surface area contributed by atoms with Crippen LogP contribution in [0.25, 0.3) is 10.4 Å². The zero-order chi connectivity index (χ0) is 13.9. The Kier molecular flexibility index (Phi) is 3.74. The van der Waals surface area contributed by atoms with Crippen molar-refractivity contribution in [3.63, 3.8) is 0 Å². The number of amides is 1. The summed E-state index contributed by atoms with van der Waals surface area (Å²) >= 11 is 0. The minimum Gasteiger partial charge on any atom is -0.368 e. The van der Waals surface area contributed by atoms with Crippen LogP contribution in [-0.2, 0) is 16.8 Å². The molecule has 0 fully saturated rings. The van der Waals surface area contributed by atoms with Crippen molar-refractivity contribution in [3.8, 4) is 0 Å². The Labute approximate surface area is 111 Å². The van der Waals surface area contributed by atoms with Crippen LogP contribution in [0.1, 0.15) is 23.1 Å². The maximum Gasteiger partial charge on any atom is 0.242 e. The molecule has 0 spiro atoms. The van der Waals surface area contributed by atoms with Crippen LogP contribution >= 0.6 is 0 Å². The second kappa shape index (κ2) is 5.30. The number of carbonyl (C=O) groups is 1. The fourth-order valence-electron chi connectivity index (χ4n) is 2.65. The maximum absolute atomic E-state index is 11.9. The molecule has 100 valence electrons. The summed E-state index contributed by atoms with van der Waals surface area (Å²) < 4.78 is 0. The van der Waals surface area contributed by atoms with E-state index >= 15 is 0 Å². The molecule has 1 unspecified atom stereocenters. The molecule has 0 radical (unpaired) electrons. The first kappa shape index (κ1) is 13.4. The van der Waals surface area contributed by atoms with Gasteiger partial charge in [-0.25, -0.2) is 0 Å². The van der Waals surface area contributed by atoms with Gasteiger partial charge >= 0.3 is 0 Å². The Balaban J connectivity index is 2.30. The average molecular weight is 259 g/mol. The average Bonchev–Trinajstić information content (AvgIpc) is 2.74. The summed E-state index contributed by atoms with van der Waals surface area (Å²) in [6.45, 7) is 2.72. The number of rotatable bonds is 5. The molecule has 1 aromatic carbocycles. The number of hydrogen-bond acceptors (Lipinski definition) is 3. The van der Waals surface area contributed by atoms with E-state index in [1.54, 1.807) is 0 Å². The lowest BCUT2D eigenvalue weighted by molar-refractivity contribution is -0.124. The summed E-state index contributed by atoms with van der Waals surface area (Å²) in [6.07, 6.45) is 1.48. The molecule has 19 heavy (non-hydrogen) atoms. The number of primary amides is 1. The number of azide groups is 1. The Morgan fingerprint density at radius 2 is 2.42 bits per heavy atom. The van der Waals surface area contributed by atoms with Gasteiger partial charge in [-0.2, -0.15) is 0 Å². The minimum atomic E-state index is -0.827. The van der Waals surface area contributed by atoms with Crippen LogP contribution in [-0.4, -0.2) is 19.0 Å². The highest BCUT2D eigenvalue weighted by atomic mass is 16.1. The summed E-state index contributed by atoms with van der Waals surface area (Å²) in [7, 11) is 0. The molecule has 0 heterocycles. The molecule has 2 rings (SSSR count). The Morgan fingerprint density at radius 3 is 3.11 bits per heavy atom. The van der Waals surface area contributed by atoms with Crippen molar-refractivity contribution in [3.05, 3.63) is 45.3 Å². The van der Waals surface area contributed by atoms with E-state index in [1.165, 1.54) is 0 Å². The van der Waals surface area contributed by atoms with Crippen molar-refractivity contribution in [1.82, 2.24) is 5.32 Å². The zero-order valence-electron chi connectivity index (χ0n) is 10.9. The van der Waals surface area contributed by atoms with Gasteiger partial charge in [0.15, 0.2) is 0 Å². The molecule has 0 aliphatic heterocycles. The fourth-order valence-corrected chi connectivity index (χ4v) is 2.65. The van der Waals surface area contributed by atoms with Crippen molar-refractivity contribution >= 4 is 5.91 Å². The van der Waals surface area contributed by atoms with Crippen LogP contribution in [0.5, 0.6) is 0 Å². The highest BCUT2D eigenvalue weighted by molar-refractivity contribution is 5.87. The quantitative estimate of drug-likeness (QED) is 0.362. The SMILES string of the molecule is Cc1ccc2c(c1)C(NCCN=[N+]=[N-])(C(N)=O)CC2. The smallest absolute Gasteiger partial charge is 0.242 e. The first-order valence-electron chi connectivity index (χ1n) is 6.26. The fraction of sp³-hybridized carbons (Fsp3) is 0.462. The molecule has 6 heteroatoms. The zero-order valence-corrected chi connectivity index (χ0v) is 10.9. The van der Waals surface area contributed by atoms with Gasteiger partial charge in [0, 0.05) is 18.0 Å². The van der Waals surface area contributed by atoms with E-state index in [2.05, 4.69) is 15.3 Å². The van der Waals surface area contributed by atoms with Gasteiger partial charge < -0.3 is 5.73 Å². The topological polar surface area (TPSA) is 104 Å². The molecule has 0 aromatic heterocycles. The monoisotopic (exact) mass is 259 g/mol. The van der Waals surface area contributed by atoms with Gasteiger partial charge in [-0.3, -0.25) is 10.1 Å². The molecular formula is C13H17N5O. The molecule has 1 aliphatic carbocycles. The highest BCUT2D eigenvalue weighted by Crippen LogP contribution is 2.37. The lowest BCUT2D eigenvalue weighted by Gasteiger charge is -2.28. The van der Waals surface area contributed by atoms with Crippen LogP contribution in [0, 0.1) is 6.92 Å². The highest BCUT2D eigenvalue weighted by Gasteiger charge is 2.43. The van der Waals surface area contributed by atoms with Crippen molar-refractivity contribution < 1.29 is 4.79 Å². The van der Waals surface area contributed by atoms with Crippen LogP contribution in [0.4, 0.5) is 0 Å². The van der Waals surface area contributed by atoms with Gasteiger partial charge in [-0.05, 0) is 36.4 Å². The predicted octanol–water partition coefficient (Wildman–Crippen LogP) is 1.52. The van der Waals surface area contributed by atoms with Crippen molar-refractivity contribution in [2.24, 2.45) is 10.8 Å². The first-order valence-corrected chi connectivity index (χ1v) is 6.26. The standard InChI is InChI=1S/C13H17N5O/c1-9-2-3-10-4-5-13(12(14)19,11(10)8-9)16-6-7-17-18-15/h2-3,8,16H,4-7H2,1H3,(H2,14,19). The van der Waals surface area contributed by atoms with E-state index in [1.807, 2.05) is 25.1 Å². The predicted molar refractivity (Wildman–Crippen MR) is 72.4 cm³/mol. The number of fused-ring (bicyclic) bond motifs is 1. The van der Waals surface area contributed by atoms with Gasteiger partial charge in [0.05, 0.1) is 0 Å². The first-order chi connectivity index (χ1) is 9.10. The summed E-state index contributed by atoms with van der Waals surface area (Å²) in [5.41, 5.74) is 16.3. The van der Waals surface area contributed by atoms with E-state index in [-0.39, 0.29) is 5.91 Å². The summed E-state index contributed by atoms with van der Waals surface area (Å²) in [5, 5.41) is 6.64. The Bertz CT molecular complexity index is 550. The molecule has 0 bridgehead atoms. The van der Waals surface area contributed by atoms with Gasteiger partial charge in [0.25, 0.3) is 0 Å². The van der Waals surface area contributed by atoms with Crippen molar-refractivity contribution in [1.29, 1.82) is 0 Å². The molecule has 1 amide bonds. The van der Waals surface area contributed by atoms with Gasteiger partial charge in [-0.15, -0.1) is 0 Å². The van der Waals surface area contributed by atoms with E-state index in [9.17, 15) is 4.79 Å². The Morgan fingerprint density at radius 1 is 1.63 bits per heavy atom. The molecular weight excluding hydrogens is 242 g/mol. The van der Waals surface area contributed by atoms with Gasteiger partial charge in [0.1, 0.15) is 5.54 Å². The number of aryl methyl sites for hydroxylation is 2. The largest absolute Gasteiger partial charge is 0.368 e. The lowest BCUT2D eigenvalue weighted by atomic mass is 9.90. The van der Waals surface area contributed by atoms with E-state index in [0.717, 1.165) is 23.1 Å². The minimum absolute atomic E-state index is 0.298. The van der Waals surface area contributed by atoms with Crippen LogP contribution in [0.3, 0.4) is 0 Å². The third kappa shape index (κ3) is 2.41. The van der Waals surface area contributed by atoms with Crippen molar-refractivity contribution in [2.45, 2.75) is 25.3 Å². The molecule has 0 saturated carbocycles. The Hall–Kier alpha value is -2.04. The summed E-state index contributed by atoms with van der Waals surface area (Å²) in [6, 6.07) is 6.09. The number of nitrogens with one attached hydrogen (secondary N) is 1. The second-order valence-electron chi connectivity index (χ2n) is 4.81. The van der Waals surface area contributed by atoms with Crippen LogP contribution in [0.2, 0.25) is 0 Å². The molecule has 1 aromatic rings. The molecule has 6 nitrogen and oxygen atoms in total. The molecule has 1 aliphatic rings. The molecule has 3 N–H and O–H groups in total. The third-order valence-electron chi connectivity index (χ3n) is 3.62. The van der Waals surface area contributed by atoms with Crippen molar-refractivity contribution in [2.75, 3.05) is 13.1 Å². The number of hydrogen-bond donors (Lipinski definition) is 2. The number of nitrogens with zero attached hydrogens (tertiary/aromatic N) is 3. The normalized spacial score (nSPS) is 20.7. The van der Waals surface area contributed by atoms with Crippen LogP contribution < -0.4 is 11.1 Å². The van der Waals surface area contributed by atoms with E-state index in [4.69, 9.17) is 11.3 Å². The van der Waals surface area contributed by atoms with Gasteiger partial charge in [-0.1, -0.05) is 28.9 Å². The van der Waals surface area contributed by atoms with Crippen LogP contribution in [0.15, 0.2) is 23.3 Å². The van der Waals surface area contributed by atoms with E-state index in [0.29, 0.717) is 19.5 Å².